The quantitative estimate of drug-likeness (QED) is 0.381. The lowest BCUT2D eigenvalue weighted by Gasteiger charge is -2.18. The van der Waals surface area contributed by atoms with Gasteiger partial charge in [-0.25, -0.2) is 0 Å². The van der Waals surface area contributed by atoms with Gasteiger partial charge in [0.2, 0.25) is 5.91 Å². The first-order chi connectivity index (χ1) is 13.5. The van der Waals surface area contributed by atoms with Crippen molar-refractivity contribution in [3.8, 4) is 11.8 Å². The number of carbonyl (C=O) groups excluding carboxylic acids is 2. The molecule has 2 rings (SSSR count). The summed E-state index contributed by atoms with van der Waals surface area (Å²) < 4.78 is 0. The van der Waals surface area contributed by atoms with Crippen LogP contribution in [0.3, 0.4) is 0 Å². The SMILES string of the molecule is CC(C(=O)NCCCCl)[C@@H](O)C(=O)Nc1ccc(C#Cc2ccccc2)cc1. The molecule has 28 heavy (non-hydrogen) atoms. The normalized spacial score (nSPS) is 12.2. The third kappa shape index (κ3) is 6.73. The summed E-state index contributed by atoms with van der Waals surface area (Å²) in [5, 5.41) is 15.4. The van der Waals surface area contributed by atoms with Crippen LogP contribution < -0.4 is 10.6 Å². The van der Waals surface area contributed by atoms with Crippen LogP contribution in [0.2, 0.25) is 0 Å². The van der Waals surface area contributed by atoms with Gasteiger partial charge in [0, 0.05) is 29.2 Å². The number of carbonyl (C=O) groups is 2. The molecule has 2 atom stereocenters. The van der Waals surface area contributed by atoms with Gasteiger partial charge in [-0.2, -0.15) is 0 Å². The second kappa shape index (κ2) is 11.1. The van der Waals surface area contributed by atoms with E-state index in [9.17, 15) is 14.7 Å². The molecule has 0 spiro atoms. The minimum Gasteiger partial charge on any atom is -0.382 e. The summed E-state index contributed by atoms with van der Waals surface area (Å²) in [5.41, 5.74) is 2.24. The van der Waals surface area contributed by atoms with Gasteiger partial charge in [-0.05, 0) is 42.8 Å². The first-order valence-corrected chi connectivity index (χ1v) is 9.54. The van der Waals surface area contributed by atoms with E-state index in [0.29, 0.717) is 24.5 Å². The molecule has 1 unspecified atom stereocenters. The summed E-state index contributed by atoms with van der Waals surface area (Å²) in [5.74, 6) is 4.64. The van der Waals surface area contributed by atoms with Crippen molar-refractivity contribution in [2.75, 3.05) is 17.7 Å². The van der Waals surface area contributed by atoms with Crippen molar-refractivity contribution < 1.29 is 14.7 Å². The van der Waals surface area contributed by atoms with E-state index in [0.717, 1.165) is 11.1 Å². The lowest BCUT2D eigenvalue weighted by atomic mass is 10.0. The maximum atomic E-state index is 12.2. The van der Waals surface area contributed by atoms with Crippen molar-refractivity contribution in [1.82, 2.24) is 5.32 Å². The minimum atomic E-state index is -1.45. The Morgan fingerprint density at radius 2 is 1.61 bits per heavy atom. The standard InChI is InChI=1S/C22H23ClN2O3/c1-16(21(27)24-15-5-14-23)20(26)22(28)25-19-12-10-18(11-13-19)9-8-17-6-3-2-4-7-17/h2-4,6-7,10-13,16,20,26H,5,14-15H2,1H3,(H,24,27)(H,25,28)/t16?,20-/m1/s1. The van der Waals surface area contributed by atoms with Gasteiger partial charge < -0.3 is 15.7 Å². The fraction of sp³-hybridized carbons (Fsp3) is 0.273. The third-order valence-corrected chi connectivity index (χ3v) is 4.31. The van der Waals surface area contributed by atoms with Crippen LogP contribution in [0.15, 0.2) is 54.6 Å². The molecule has 0 heterocycles. The van der Waals surface area contributed by atoms with Crippen LogP contribution in [0.4, 0.5) is 5.69 Å². The third-order valence-electron chi connectivity index (χ3n) is 4.04. The molecule has 0 bridgehead atoms. The molecule has 0 aliphatic rings. The summed E-state index contributed by atoms with van der Waals surface area (Å²) in [6.07, 6.45) is -0.824. The van der Waals surface area contributed by atoms with Gasteiger partial charge >= 0.3 is 0 Å². The number of amides is 2. The smallest absolute Gasteiger partial charge is 0.254 e. The van der Waals surface area contributed by atoms with Crippen LogP contribution in [0.25, 0.3) is 0 Å². The molecule has 2 aromatic rings. The molecule has 2 amide bonds. The fourth-order valence-corrected chi connectivity index (χ4v) is 2.46. The van der Waals surface area contributed by atoms with Gasteiger partial charge in [0.15, 0.2) is 0 Å². The van der Waals surface area contributed by atoms with Crippen LogP contribution in [0.5, 0.6) is 0 Å². The summed E-state index contributed by atoms with van der Waals surface area (Å²) >= 11 is 5.56. The predicted molar refractivity (Wildman–Crippen MR) is 111 cm³/mol. The molecule has 5 nitrogen and oxygen atoms in total. The maximum Gasteiger partial charge on any atom is 0.254 e. The van der Waals surface area contributed by atoms with Crippen LogP contribution in [0, 0.1) is 17.8 Å². The zero-order valence-electron chi connectivity index (χ0n) is 15.6. The van der Waals surface area contributed by atoms with Crippen molar-refractivity contribution in [2.24, 2.45) is 5.92 Å². The van der Waals surface area contributed by atoms with Gasteiger partial charge in [-0.15, -0.1) is 11.6 Å². The molecular weight excluding hydrogens is 376 g/mol. The highest BCUT2D eigenvalue weighted by atomic mass is 35.5. The molecule has 0 aromatic heterocycles. The second-order valence-corrected chi connectivity index (χ2v) is 6.63. The number of hydrogen-bond acceptors (Lipinski definition) is 3. The zero-order chi connectivity index (χ0) is 20.4. The molecule has 0 aliphatic heterocycles. The predicted octanol–water partition coefficient (Wildman–Crippen LogP) is 2.77. The van der Waals surface area contributed by atoms with E-state index >= 15 is 0 Å². The Morgan fingerprint density at radius 3 is 2.21 bits per heavy atom. The minimum absolute atomic E-state index is 0.390. The van der Waals surface area contributed by atoms with Crippen molar-refractivity contribution in [3.63, 3.8) is 0 Å². The van der Waals surface area contributed by atoms with Gasteiger partial charge in [0.1, 0.15) is 6.10 Å². The highest BCUT2D eigenvalue weighted by Gasteiger charge is 2.28. The van der Waals surface area contributed by atoms with Gasteiger partial charge in [0.25, 0.3) is 5.91 Å². The number of alkyl halides is 1. The summed E-state index contributed by atoms with van der Waals surface area (Å²) in [6, 6.07) is 16.6. The summed E-state index contributed by atoms with van der Waals surface area (Å²) in [7, 11) is 0. The van der Waals surface area contributed by atoms with E-state index < -0.39 is 17.9 Å². The summed E-state index contributed by atoms with van der Waals surface area (Å²) in [4.78, 5) is 24.1. The highest BCUT2D eigenvalue weighted by molar-refractivity contribution is 6.17. The molecular formula is C22H23ClN2O3. The number of rotatable bonds is 7. The Hall–Kier alpha value is -2.81. The largest absolute Gasteiger partial charge is 0.382 e. The fourth-order valence-electron chi connectivity index (χ4n) is 2.33. The number of nitrogens with one attached hydrogen (secondary N) is 2. The lowest BCUT2D eigenvalue weighted by Crippen LogP contribution is -2.42. The van der Waals surface area contributed by atoms with Crippen LogP contribution in [-0.4, -0.2) is 35.4 Å². The topological polar surface area (TPSA) is 78.4 Å². The zero-order valence-corrected chi connectivity index (χ0v) is 16.4. The highest BCUT2D eigenvalue weighted by Crippen LogP contribution is 2.12. The maximum absolute atomic E-state index is 12.2. The van der Waals surface area contributed by atoms with Crippen LogP contribution >= 0.6 is 11.6 Å². The van der Waals surface area contributed by atoms with Crippen molar-refractivity contribution in [1.29, 1.82) is 0 Å². The molecule has 146 valence electrons. The molecule has 0 radical (unpaired) electrons. The van der Waals surface area contributed by atoms with E-state index in [1.165, 1.54) is 6.92 Å². The Bertz CT molecular complexity index is 842. The first kappa shape index (κ1) is 21.5. The van der Waals surface area contributed by atoms with Crippen LogP contribution in [0.1, 0.15) is 24.5 Å². The number of hydrogen-bond donors (Lipinski definition) is 3. The molecule has 0 saturated carbocycles. The Morgan fingerprint density at radius 1 is 1.00 bits per heavy atom. The van der Waals surface area contributed by atoms with Crippen molar-refractivity contribution >= 4 is 29.1 Å². The Balaban J connectivity index is 1.91. The van der Waals surface area contributed by atoms with Gasteiger partial charge in [-0.1, -0.05) is 37.0 Å². The molecule has 0 aliphatic carbocycles. The van der Waals surface area contributed by atoms with Gasteiger partial charge in [-0.3, -0.25) is 9.59 Å². The van der Waals surface area contributed by atoms with E-state index in [1.807, 2.05) is 30.3 Å². The number of benzene rings is 2. The molecule has 2 aromatic carbocycles. The van der Waals surface area contributed by atoms with Gasteiger partial charge in [0.05, 0.1) is 5.92 Å². The summed E-state index contributed by atoms with van der Waals surface area (Å²) in [6.45, 7) is 1.91. The average Bonchev–Trinajstić information content (AvgIpc) is 2.73. The van der Waals surface area contributed by atoms with E-state index in [1.54, 1.807) is 24.3 Å². The Kier molecular flexibility index (Phi) is 8.54. The number of aliphatic hydroxyl groups is 1. The Labute approximate surface area is 170 Å². The van der Waals surface area contributed by atoms with E-state index in [-0.39, 0.29) is 5.91 Å². The molecule has 0 fully saturated rings. The lowest BCUT2D eigenvalue weighted by molar-refractivity contribution is -0.136. The molecule has 0 saturated heterocycles. The van der Waals surface area contributed by atoms with E-state index in [4.69, 9.17) is 11.6 Å². The van der Waals surface area contributed by atoms with Crippen LogP contribution in [-0.2, 0) is 9.59 Å². The monoisotopic (exact) mass is 398 g/mol. The number of anilines is 1. The van der Waals surface area contributed by atoms with Crippen molar-refractivity contribution in [3.05, 3.63) is 65.7 Å². The molecule has 3 N–H and O–H groups in total. The molecule has 6 heteroatoms. The average molecular weight is 399 g/mol. The van der Waals surface area contributed by atoms with E-state index in [2.05, 4.69) is 22.5 Å². The number of halogens is 1. The van der Waals surface area contributed by atoms with Crippen molar-refractivity contribution in [2.45, 2.75) is 19.4 Å². The number of aliphatic hydroxyl groups excluding tert-OH is 1. The second-order valence-electron chi connectivity index (χ2n) is 6.25. The first-order valence-electron chi connectivity index (χ1n) is 9.01.